The van der Waals surface area contributed by atoms with Gasteiger partial charge in [0, 0.05) is 11.8 Å². The van der Waals surface area contributed by atoms with Gasteiger partial charge in [0.1, 0.15) is 23.2 Å². The van der Waals surface area contributed by atoms with Gasteiger partial charge in [0.2, 0.25) is 0 Å². The number of hydrogen-bond donors (Lipinski definition) is 1. The Bertz CT molecular complexity index is 646. The molecule has 0 aliphatic heterocycles. The van der Waals surface area contributed by atoms with Gasteiger partial charge in [-0.15, -0.1) is 0 Å². The normalized spacial score (nSPS) is 10.3. The molecular formula is C13H12FN3OS. The van der Waals surface area contributed by atoms with Gasteiger partial charge in [-0.25, -0.2) is 14.4 Å². The summed E-state index contributed by atoms with van der Waals surface area (Å²) in [6.07, 6.45) is 1.53. The second-order valence-corrected chi connectivity index (χ2v) is 4.30. The molecule has 19 heavy (non-hydrogen) atoms. The molecule has 0 aliphatic rings. The van der Waals surface area contributed by atoms with Gasteiger partial charge in [-0.05, 0) is 25.1 Å². The fraction of sp³-hybridized carbons (Fsp3) is 0.154. The molecule has 0 radical (unpaired) electrons. The highest BCUT2D eigenvalue weighted by Gasteiger charge is 2.15. The van der Waals surface area contributed by atoms with Gasteiger partial charge < -0.3 is 10.5 Å². The summed E-state index contributed by atoms with van der Waals surface area (Å²) in [7, 11) is 1.49. The number of rotatable bonds is 3. The third-order valence-electron chi connectivity index (χ3n) is 2.59. The van der Waals surface area contributed by atoms with Gasteiger partial charge in [0.25, 0.3) is 0 Å². The predicted molar refractivity (Wildman–Crippen MR) is 74.9 cm³/mol. The molecule has 1 aromatic heterocycles. The van der Waals surface area contributed by atoms with Crippen LogP contribution in [0.4, 0.5) is 10.2 Å². The summed E-state index contributed by atoms with van der Waals surface area (Å²) < 4.78 is 18.5. The topological polar surface area (TPSA) is 61.0 Å². The highest BCUT2D eigenvalue weighted by Crippen LogP contribution is 2.24. The highest BCUT2D eigenvalue weighted by molar-refractivity contribution is 7.81. The van der Waals surface area contributed by atoms with Crippen LogP contribution in [0, 0.1) is 12.7 Å². The zero-order chi connectivity index (χ0) is 14.0. The van der Waals surface area contributed by atoms with E-state index in [1.165, 1.54) is 31.5 Å². The number of thiocarbonyl (C=S) groups is 1. The van der Waals surface area contributed by atoms with Crippen molar-refractivity contribution in [3.05, 3.63) is 47.2 Å². The summed E-state index contributed by atoms with van der Waals surface area (Å²) in [4.78, 5) is 8.45. The Hall–Kier alpha value is -2.08. The number of methoxy groups -OCH3 is 1. The number of nitrogens with two attached hydrogens (primary N) is 1. The first-order valence-electron chi connectivity index (χ1n) is 5.50. The molecule has 0 bridgehead atoms. The zero-order valence-electron chi connectivity index (χ0n) is 10.5. The summed E-state index contributed by atoms with van der Waals surface area (Å²) in [5.74, 6) is 0.898. The number of nitrogen functional groups attached to an aromatic ring is 1. The average molecular weight is 277 g/mol. The molecule has 1 aromatic carbocycles. The van der Waals surface area contributed by atoms with E-state index in [1.807, 2.05) is 0 Å². The highest BCUT2D eigenvalue weighted by atomic mass is 32.1. The number of benzene rings is 1. The first kappa shape index (κ1) is 13.4. The first-order chi connectivity index (χ1) is 9.02. The Balaban J connectivity index is 2.52. The van der Waals surface area contributed by atoms with Crippen LogP contribution in [0.1, 0.15) is 17.0 Å². The van der Waals surface area contributed by atoms with Gasteiger partial charge in [-0.1, -0.05) is 12.2 Å². The molecule has 0 unspecified atom stereocenters. The summed E-state index contributed by atoms with van der Waals surface area (Å²) in [5, 5.41) is 0. The molecule has 2 N–H and O–H groups in total. The second kappa shape index (κ2) is 5.27. The van der Waals surface area contributed by atoms with Crippen LogP contribution >= 0.6 is 12.2 Å². The Labute approximate surface area is 115 Å². The summed E-state index contributed by atoms with van der Waals surface area (Å²) in [6.45, 7) is 1.73. The number of aromatic nitrogens is 2. The van der Waals surface area contributed by atoms with Crippen LogP contribution in [-0.2, 0) is 0 Å². The van der Waals surface area contributed by atoms with Gasteiger partial charge in [-0.2, -0.15) is 0 Å². The lowest BCUT2D eigenvalue weighted by Gasteiger charge is -2.11. The minimum atomic E-state index is -0.398. The lowest BCUT2D eigenvalue weighted by molar-refractivity contribution is 0.413. The van der Waals surface area contributed by atoms with Gasteiger partial charge in [0.05, 0.1) is 17.5 Å². The van der Waals surface area contributed by atoms with Crippen molar-refractivity contribution in [2.45, 2.75) is 6.92 Å². The van der Waals surface area contributed by atoms with Crippen LogP contribution in [0.3, 0.4) is 0 Å². The number of aryl methyl sites for hydroxylation is 1. The molecule has 6 heteroatoms. The second-order valence-electron chi connectivity index (χ2n) is 3.89. The van der Waals surface area contributed by atoms with Crippen molar-refractivity contribution in [2.75, 3.05) is 12.8 Å². The summed E-state index contributed by atoms with van der Waals surface area (Å²) in [5.41, 5.74) is 6.76. The predicted octanol–water partition coefficient (Wildman–Crippen LogP) is 2.28. The van der Waals surface area contributed by atoms with E-state index in [1.54, 1.807) is 6.92 Å². The average Bonchev–Trinajstić information content (AvgIpc) is 2.38. The maximum absolute atomic E-state index is 13.3. The fourth-order valence-corrected chi connectivity index (χ4v) is 1.98. The molecule has 0 saturated heterocycles. The van der Waals surface area contributed by atoms with E-state index in [0.717, 1.165) is 0 Å². The van der Waals surface area contributed by atoms with Crippen LogP contribution < -0.4 is 10.5 Å². The summed E-state index contributed by atoms with van der Waals surface area (Å²) >= 11 is 5.32. The molecular weight excluding hydrogens is 265 g/mol. The molecule has 98 valence electrons. The molecule has 0 saturated carbocycles. The van der Waals surface area contributed by atoms with Crippen molar-refractivity contribution in [3.63, 3.8) is 0 Å². The monoisotopic (exact) mass is 277 g/mol. The van der Waals surface area contributed by atoms with Gasteiger partial charge in [-0.3, -0.25) is 0 Å². The van der Waals surface area contributed by atoms with E-state index in [0.29, 0.717) is 27.6 Å². The molecule has 1 heterocycles. The van der Waals surface area contributed by atoms with Crippen molar-refractivity contribution >= 4 is 22.9 Å². The third kappa shape index (κ3) is 2.68. The van der Waals surface area contributed by atoms with E-state index < -0.39 is 5.82 Å². The molecule has 0 atom stereocenters. The standard InChI is InChI=1S/C13H12FN3OS/c1-7-16-6-10(13(15)17-7)12(19)9-5-8(14)3-4-11(9)18-2/h3-6H,1-2H3,(H2,15,16,17). The van der Waals surface area contributed by atoms with Crippen molar-refractivity contribution in [2.24, 2.45) is 0 Å². The van der Waals surface area contributed by atoms with Gasteiger partial charge in [0.15, 0.2) is 0 Å². The molecule has 0 aliphatic carbocycles. The number of nitrogens with zero attached hydrogens (tertiary/aromatic N) is 2. The maximum atomic E-state index is 13.3. The van der Waals surface area contributed by atoms with Crippen LogP contribution in [0.15, 0.2) is 24.4 Å². The zero-order valence-corrected chi connectivity index (χ0v) is 11.3. The van der Waals surface area contributed by atoms with Crippen molar-refractivity contribution in [1.29, 1.82) is 0 Å². The van der Waals surface area contributed by atoms with Gasteiger partial charge >= 0.3 is 0 Å². The van der Waals surface area contributed by atoms with Crippen LogP contribution in [0.25, 0.3) is 0 Å². The Kier molecular flexibility index (Phi) is 3.71. The van der Waals surface area contributed by atoms with Crippen molar-refractivity contribution in [3.8, 4) is 5.75 Å². The summed E-state index contributed by atoms with van der Waals surface area (Å²) in [6, 6.07) is 4.13. The Morgan fingerprint density at radius 3 is 2.74 bits per heavy atom. The lowest BCUT2D eigenvalue weighted by Crippen LogP contribution is -2.09. The first-order valence-corrected chi connectivity index (χ1v) is 5.91. The lowest BCUT2D eigenvalue weighted by atomic mass is 10.1. The van der Waals surface area contributed by atoms with Crippen molar-refractivity contribution in [1.82, 2.24) is 9.97 Å². The fourth-order valence-electron chi connectivity index (χ4n) is 1.67. The minimum absolute atomic E-state index is 0.267. The molecule has 0 amide bonds. The number of anilines is 1. The van der Waals surface area contributed by atoms with E-state index in [2.05, 4.69) is 9.97 Å². The third-order valence-corrected chi connectivity index (χ3v) is 3.03. The van der Waals surface area contributed by atoms with E-state index in [9.17, 15) is 4.39 Å². The number of ether oxygens (including phenoxy) is 1. The molecule has 2 rings (SSSR count). The molecule has 4 nitrogen and oxygen atoms in total. The van der Waals surface area contributed by atoms with E-state index >= 15 is 0 Å². The number of halogens is 1. The van der Waals surface area contributed by atoms with Crippen LogP contribution in [0.2, 0.25) is 0 Å². The SMILES string of the molecule is COc1ccc(F)cc1C(=S)c1cnc(C)nc1N. The van der Waals surface area contributed by atoms with Crippen LogP contribution in [0.5, 0.6) is 5.75 Å². The Morgan fingerprint density at radius 2 is 2.11 bits per heavy atom. The molecule has 0 spiro atoms. The van der Waals surface area contributed by atoms with Crippen LogP contribution in [-0.4, -0.2) is 21.9 Å². The number of hydrogen-bond acceptors (Lipinski definition) is 5. The largest absolute Gasteiger partial charge is 0.496 e. The minimum Gasteiger partial charge on any atom is -0.496 e. The smallest absolute Gasteiger partial charge is 0.135 e. The van der Waals surface area contributed by atoms with Crippen molar-refractivity contribution < 1.29 is 9.13 Å². The quantitative estimate of drug-likeness (QED) is 0.689. The maximum Gasteiger partial charge on any atom is 0.135 e. The Morgan fingerprint density at radius 1 is 1.37 bits per heavy atom. The molecule has 2 aromatic rings. The van der Waals surface area contributed by atoms with E-state index in [4.69, 9.17) is 22.7 Å². The van der Waals surface area contributed by atoms with E-state index in [-0.39, 0.29) is 5.82 Å². The molecule has 0 fully saturated rings.